The molecular weight excluding hydrogens is 452 g/mol. The predicted molar refractivity (Wildman–Crippen MR) is 119 cm³/mol. The number of sulfonamides is 1. The predicted octanol–water partition coefficient (Wildman–Crippen LogP) is -0.230. The molecule has 0 aliphatic carbocycles. The Labute approximate surface area is 192 Å². The molecule has 180 valence electrons. The van der Waals surface area contributed by atoms with Crippen LogP contribution in [0.2, 0.25) is 0 Å². The monoisotopic (exact) mass is 480 g/mol. The molecule has 0 unspecified atom stereocenters. The van der Waals surface area contributed by atoms with Gasteiger partial charge in [0.15, 0.2) is 6.29 Å². The summed E-state index contributed by atoms with van der Waals surface area (Å²) in [6, 6.07) is 17.1. The van der Waals surface area contributed by atoms with Crippen LogP contribution in [0.3, 0.4) is 0 Å². The van der Waals surface area contributed by atoms with Gasteiger partial charge in [-0.2, -0.15) is 0 Å². The second-order valence-electron chi connectivity index (χ2n) is 7.49. The van der Waals surface area contributed by atoms with Crippen molar-refractivity contribution in [2.75, 3.05) is 13.2 Å². The molecule has 1 aliphatic heterocycles. The second-order valence-corrected chi connectivity index (χ2v) is 9.17. The highest BCUT2D eigenvalue weighted by Crippen LogP contribution is 2.22. The van der Waals surface area contributed by atoms with Gasteiger partial charge in [0.05, 0.1) is 24.7 Å². The van der Waals surface area contributed by atoms with E-state index in [0.29, 0.717) is 0 Å². The van der Waals surface area contributed by atoms with Crippen molar-refractivity contribution in [1.29, 1.82) is 0 Å². The minimum absolute atomic E-state index is 0.0217. The van der Waals surface area contributed by atoms with Crippen LogP contribution in [0.15, 0.2) is 70.6 Å². The minimum atomic E-state index is -3.88. The van der Waals surface area contributed by atoms with Gasteiger partial charge < -0.3 is 29.9 Å². The topological polar surface area (TPSA) is 158 Å². The molecule has 1 fully saturated rings. The van der Waals surface area contributed by atoms with Crippen molar-refractivity contribution in [3.05, 3.63) is 66.2 Å². The van der Waals surface area contributed by atoms with Gasteiger partial charge in [-0.05, 0) is 17.7 Å². The van der Waals surface area contributed by atoms with E-state index in [4.69, 9.17) is 9.47 Å². The molecule has 1 aliphatic rings. The van der Waals surface area contributed by atoms with E-state index in [1.54, 1.807) is 18.2 Å². The van der Waals surface area contributed by atoms with Gasteiger partial charge in [0.25, 0.3) is 10.0 Å². The molecule has 11 heteroatoms. The van der Waals surface area contributed by atoms with Crippen LogP contribution < -0.4 is 4.72 Å². The summed E-state index contributed by atoms with van der Waals surface area (Å²) >= 11 is 0. The molecule has 0 bridgehead atoms. The third-order valence-corrected chi connectivity index (χ3v) is 6.47. The van der Waals surface area contributed by atoms with Crippen LogP contribution in [-0.2, 0) is 26.0 Å². The summed E-state index contributed by atoms with van der Waals surface area (Å²) in [6.07, 6.45) is -7.01. The minimum Gasteiger partial charge on any atom is -0.394 e. The van der Waals surface area contributed by atoms with Gasteiger partial charge >= 0.3 is 0 Å². The number of benzene rings is 2. The summed E-state index contributed by atoms with van der Waals surface area (Å²) < 4.78 is 38.7. The van der Waals surface area contributed by atoms with Crippen molar-refractivity contribution >= 4 is 15.9 Å². The molecule has 3 rings (SSSR count). The number of ether oxygens (including phenoxy) is 2. The maximum Gasteiger partial charge on any atom is 0.262 e. The van der Waals surface area contributed by atoms with Gasteiger partial charge in [-0.3, -0.25) is 9.71 Å². The zero-order valence-electron chi connectivity index (χ0n) is 17.8. The first kappa shape index (κ1) is 25.2. The number of hydrogen-bond acceptors (Lipinski definition) is 9. The summed E-state index contributed by atoms with van der Waals surface area (Å²) in [7, 11) is -3.88. The Morgan fingerprint density at radius 1 is 0.970 bits per heavy atom. The molecule has 2 aromatic rings. The number of aliphatic imine (C=N–C) groups is 1. The van der Waals surface area contributed by atoms with Crippen LogP contribution in [0, 0.1) is 0 Å². The SMILES string of the molecule is O=S(=O)(NC(CCO[C@H]1O[C@H](CO)[C@@H](O)[C@H](O)[C@@H]1O)=NCc1ccccc1)c1ccccc1. The Kier molecular flexibility index (Phi) is 8.92. The molecule has 1 saturated heterocycles. The number of aliphatic hydroxyl groups is 4. The van der Waals surface area contributed by atoms with Gasteiger partial charge in [0, 0.05) is 6.42 Å². The van der Waals surface area contributed by atoms with Crippen molar-refractivity contribution in [3.8, 4) is 0 Å². The van der Waals surface area contributed by atoms with Crippen LogP contribution >= 0.6 is 0 Å². The Bertz CT molecular complexity index is 1000. The molecular formula is C22H28N2O8S. The summed E-state index contributed by atoms with van der Waals surface area (Å²) in [5.74, 6) is 0.132. The molecule has 10 nitrogen and oxygen atoms in total. The molecule has 0 saturated carbocycles. The van der Waals surface area contributed by atoms with E-state index >= 15 is 0 Å². The summed E-state index contributed by atoms with van der Waals surface area (Å²) in [5.41, 5.74) is 0.878. The highest BCUT2D eigenvalue weighted by Gasteiger charge is 2.43. The Morgan fingerprint density at radius 3 is 2.24 bits per heavy atom. The van der Waals surface area contributed by atoms with Crippen molar-refractivity contribution in [2.45, 2.75) is 48.6 Å². The summed E-state index contributed by atoms with van der Waals surface area (Å²) in [5, 5.41) is 39.1. The van der Waals surface area contributed by atoms with Crippen molar-refractivity contribution < 1.29 is 38.3 Å². The fraction of sp³-hybridized carbons (Fsp3) is 0.409. The number of aliphatic hydroxyl groups excluding tert-OH is 4. The van der Waals surface area contributed by atoms with Crippen molar-refractivity contribution in [2.24, 2.45) is 4.99 Å². The van der Waals surface area contributed by atoms with Crippen LogP contribution in [0.1, 0.15) is 12.0 Å². The Balaban J connectivity index is 1.69. The van der Waals surface area contributed by atoms with Crippen LogP contribution in [0.5, 0.6) is 0 Å². The summed E-state index contributed by atoms with van der Waals surface area (Å²) in [6.45, 7) is -0.466. The largest absolute Gasteiger partial charge is 0.394 e. The number of hydrogen-bond donors (Lipinski definition) is 5. The molecule has 2 aromatic carbocycles. The van der Waals surface area contributed by atoms with Crippen LogP contribution in [0.25, 0.3) is 0 Å². The molecule has 0 spiro atoms. The highest BCUT2D eigenvalue weighted by molar-refractivity contribution is 7.90. The zero-order chi connectivity index (χ0) is 23.8. The smallest absolute Gasteiger partial charge is 0.262 e. The highest BCUT2D eigenvalue weighted by atomic mass is 32.2. The van der Waals surface area contributed by atoms with Gasteiger partial charge in [0.1, 0.15) is 30.3 Å². The first-order valence-corrected chi connectivity index (χ1v) is 11.9. The fourth-order valence-electron chi connectivity index (χ4n) is 3.22. The number of amidine groups is 1. The quantitative estimate of drug-likeness (QED) is 0.243. The lowest BCUT2D eigenvalue weighted by Crippen LogP contribution is -2.59. The van der Waals surface area contributed by atoms with Gasteiger partial charge in [-0.25, -0.2) is 8.42 Å². The summed E-state index contributed by atoms with van der Waals surface area (Å²) in [4.78, 5) is 4.45. The standard InChI is InChI=1S/C22H28N2O8S/c25-14-17-19(26)20(27)21(28)22(32-17)31-12-11-18(23-13-15-7-3-1-4-8-15)24-33(29,30)16-9-5-2-6-10-16/h1-10,17,19-22,25-28H,11-14H2,(H,23,24)/t17-,19-,20+,21+,22+/m1/s1. The lowest BCUT2D eigenvalue weighted by molar-refractivity contribution is -0.300. The maximum atomic E-state index is 12.7. The third kappa shape index (κ3) is 6.81. The average molecular weight is 481 g/mol. The van der Waals surface area contributed by atoms with Crippen LogP contribution in [-0.4, -0.2) is 78.6 Å². The Hall–Kier alpha value is -2.38. The molecule has 1 heterocycles. The number of nitrogens with one attached hydrogen (secondary N) is 1. The van der Waals surface area contributed by atoms with E-state index in [9.17, 15) is 28.8 Å². The zero-order valence-corrected chi connectivity index (χ0v) is 18.6. The van der Waals surface area contributed by atoms with E-state index in [2.05, 4.69) is 9.71 Å². The average Bonchev–Trinajstić information content (AvgIpc) is 2.83. The fourth-order valence-corrected chi connectivity index (χ4v) is 4.33. The lowest BCUT2D eigenvalue weighted by Gasteiger charge is -2.39. The van der Waals surface area contributed by atoms with Gasteiger partial charge in [-0.15, -0.1) is 0 Å². The molecule has 33 heavy (non-hydrogen) atoms. The maximum absolute atomic E-state index is 12.7. The third-order valence-electron chi connectivity index (χ3n) is 5.07. The van der Waals surface area contributed by atoms with Crippen LogP contribution in [0.4, 0.5) is 0 Å². The molecule has 0 radical (unpaired) electrons. The van der Waals surface area contributed by atoms with E-state index in [-0.39, 0.29) is 30.3 Å². The van der Waals surface area contributed by atoms with E-state index < -0.39 is 47.3 Å². The Morgan fingerprint density at radius 2 is 1.61 bits per heavy atom. The normalized spacial score (nSPS) is 26.2. The van der Waals surface area contributed by atoms with E-state index in [1.807, 2.05) is 30.3 Å². The number of rotatable bonds is 9. The molecule has 0 amide bonds. The first-order valence-electron chi connectivity index (χ1n) is 10.4. The van der Waals surface area contributed by atoms with Gasteiger partial charge in [0.2, 0.25) is 0 Å². The second kappa shape index (κ2) is 11.7. The van der Waals surface area contributed by atoms with Gasteiger partial charge in [-0.1, -0.05) is 48.5 Å². The van der Waals surface area contributed by atoms with Crippen molar-refractivity contribution in [1.82, 2.24) is 4.72 Å². The molecule has 5 N–H and O–H groups in total. The lowest BCUT2D eigenvalue weighted by atomic mass is 9.99. The molecule has 0 aromatic heterocycles. The van der Waals surface area contributed by atoms with Crippen molar-refractivity contribution in [3.63, 3.8) is 0 Å². The van der Waals surface area contributed by atoms with E-state index in [1.165, 1.54) is 12.1 Å². The first-order chi connectivity index (χ1) is 15.8. The number of nitrogens with zero attached hydrogens (tertiary/aromatic N) is 1. The molecule has 5 atom stereocenters. The van der Waals surface area contributed by atoms with E-state index in [0.717, 1.165) is 5.56 Å².